The highest BCUT2D eigenvalue weighted by atomic mass is 79.9. The third-order valence-electron chi connectivity index (χ3n) is 2.38. The van der Waals surface area contributed by atoms with Gasteiger partial charge in [-0.3, -0.25) is 0 Å². The Hall–Kier alpha value is -1.61. The monoisotopic (exact) mass is 306 g/mol. The van der Waals surface area contributed by atoms with E-state index >= 15 is 0 Å². The van der Waals surface area contributed by atoms with Crippen molar-refractivity contribution in [2.24, 2.45) is 0 Å². The molecule has 0 saturated heterocycles. The molecule has 0 bridgehead atoms. The minimum atomic E-state index is -0.359. The van der Waals surface area contributed by atoms with Crippen LogP contribution in [-0.4, -0.2) is 12.6 Å². The average Bonchev–Trinajstić information content (AvgIpc) is 2.37. The first-order chi connectivity index (χ1) is 8.60. The zero-order valence-electron chi connectivity index (χ0n) is 10.3. The van der Waals surface area contributed by atoms with E-state index in [2.05, 4.69) is 29.1 Å². The summed E-state index contributed by atoms with van der Waals surface area (Å²) in [7, 11) is 0. The topological polar surface area (TPSA) is 26.3 Å². The fourth-order valence-electron chi connectivity index (χ4n) is 1.36. The van der Waals surface area contributed by atoms with Crippen molar-refractivity contribution in [1.82, 2.24) is 0 Å². The maximum Gasteiger partial charge on any atom is 0.339 e. The van der Waals surface area contributed by atoms with E-state index in [1.807, 2.05) is 19.1 Å². The van der Waals surface area contributed by atoms with Crippen LogP contribution in [0.5, 0.6) is 0 Å². The Balaban J connectivity index is 2.77. The molecule has 0 fully saturated rings. The minimum absolute atomic E-state index is 0.189. The molecule has 1 rings (SSSR count). The molecule has 1 aromatic carbocycles. The lowest BCUT2D eigenvalue weighted by Gasteiger charge is -2.08. The summed E-state index contributed by atoms with van der Waals surface area (Å²) < 4.78 is 5.98. The Morgan fingerprint density at radius 2 is 2.17 bits per heavy atom. The SMILES string of the molecule is C=C/C=C(\C=C)COC(=O)c1cccc(C)c1Br. The van der Waals surface area contributed by atoms with Crippen LogP contribution in [0.4, 0.5) is 0 Å². The number of carbonyl (C=O) groups is 1. The lowest BCUT2D eigenvalue weighted by Crippen LogP contribution is -2.08. The third kappa shape index (κ3) is 3.70. The summed E-state index contributed by atoms with van der Waals surface area (Å²) in [5.41, 5.74) is 2.33. The van der Waals surface area contributed by atoms with Gasteiger partial charge in [0.25, 0.3) is 0 Å². The third-order valence-corrected chi connectivity index (χ3v) is 3.43. The Bertz CT molecular complexity index is 501. The van der Waals surface area contributed by atoms with Crippen molar-refractivity contribution in [3.63, 3.8) is 0 Å². The molecular weight excluding hydrogens is 292 g/mol. The predicted octanol–water partition coefficient (Wildman–Crippen LogP) is 4.21. The van der Waals surface area contributed by atoms with E-state index in [-0.39, 0.29) is 12.6 Å². The Morgan fingerprint density at radius 1 is 1.44 bits per heavy atom. The molecule has 3 heteroatoms. The molecule has 0 aromatic heterocycles. The van der Waals surface area contributed by atoms with E-state index < -0.39 is 0 Å². The second-order valence-electron chi connectivity index (χ2n) is 3.69. The molecular formula is C15H15BrO2. The molecule has 0 aliphatic rings. The van der Waals surface area contributed by atoms with Crippen LogP contribution in [0.15, 0.2) is 59.6 Å². The molecule has 0 aliphatic carbocycles. The van der Waals surface area contributed by atoms with Crippen molar-refractivity contribution in [1.29, 1.82) is 0 Å². The van der Waals surface area contributed by atoms with Crippen LogP contribution in [0.25, 0.3) is 0 Å². The van der Waals surface area contributed by atoms with Gasteiger partial charge < -0.3 is 4.74 Å². The smallest absolute Gasteiger partial charge is 0.339 e. The number of carbonyl (C=O) groups excluding carboxylic acids is 1. The van der Waals surface area contributed by atoms with Crippen LogP contribution in [0.3, 0.4) is 0 Å². The predicted molar refractivity (Wildman–Crippen MR) is 77.6 cm³/mol. The number of ether oxygens (including phenoxy) is 1. The number of hydrogen-bond donors (Lipinski definition) is 0. The van der Waals surface area contributed by atoms with Gasteiger partial charge in [-0.15, -0.1) is 0 Å². The Morgan fingerprint density at radius 3 is 2.78 bits per heavy atom. The molecule has 2 nitrogen and oxygen atoms in total. The normalized spacial score (nSPS) is 10.9. The summed E-state index contributed by atoms with van der Waals surface area (Å²) in [5, 5.41) is 0. The van der Waals surface area contributed by atoms with Crippen LogP contribution >= 0.6 is 15.9 Å². The van der Waals surface area contributed by atoms with Gasteiger partial charge in [0.15, 0.2) is 0 Å². The highest BCUT2D eigenvalue weighted by Gasteiger charge is 2.12. The maximum atomic E-state index is 11.9. The summed E-state index contributed by atoms with van der Waals surface area (Å²) in [6.07, 6.45) is 5.03. The summed E-state index contributed by atoms with van der Waals surface area (Å²) >= 11 is 3.38. The molecule has 0 amide bonds. The molecule has 0 spiro atoms. The fourth-order valence-corrected chi connectivity index (χ4v) is 1.78. The van der Waals surface area contributed by atoms with Crippen LogP contribution in [0.1, 0.15) is 15.9 Å². The molecule has 0 N–H and O–H groups in total. The van der Waals surface area contributed by atoms with E-state index in [0.29, 0.717) is 5.56 Å². The first kappa shape index (κ1) is 14.5. The van der Waals surface area contributed by atoms with Crippen molar-refractivity contribution in [3.05, 3.63) is 70.8 Å². The second-order valence-corrected chi connectivity index (χ2v) is 4.49. The number of allylic oxidation sites excluding steroid dienone is 2. The Labute approximate surface area is 116 Å². The van der Waals surface area contributed by atoms with Gasteiger partial charge in [-0.25, -0.2) is 4.79 Å². The highest BCUT2D eigenvalue weighted by Crippen LogP contribution is 2.21. The zero-order valence-corrected chi connectivity index (χ0v) is 11.9. The van der Waals surface area contributed by atoms with E-state index in [1.54, 1.807) is 24.3 Å². The minimum Gasteiger partial charge on any atom is -0.457 e. The number of rotatable bonds is 5. The summed E-state index contributed by atoms with van der Waals surface area (Å²) in [6.45, 7) is 9.35. The molecule has 0 atom stereocenters. The average molecular weight is 307 g/mol. The molecule has 18 heavy (non-hydrogen) atoms. The van der Waals surface area contributed by atoms with Crippen molar-refractivity contribution in [2.75, 3.05) is 6.61 Å². The molecule has 0 aliphatic heterocycles. The van der Waals surface area contributed by atoms with Gasteiger partial charge in [0.05, 0.1) is 5.56 Å². The van der Waals surface area contributed by atoms with E-state index in [4.69, 9.17) is 4.74 Å². The van der Waals surface area contributed by atoms with Gasteiger partial charge in [0.1, 0.15) is 6.61 Å². The second kappa shape index (κ2) is 6.97. The molecule has 1 aromatic rings. The fraction of sp³-hybridized carbons (Fsp3) is 0.133. The largest absolute Gasteiger partial charge is 0.457 e. The van der Waals surface area contributed by atoms with E-state index in [9.17, 15) is 4.79 Å². The van der Waals surface area contributed by atoms with Gasteiger partial charge >= 0.3 is 5.97 Å². The van der Waals surface area contributed by atoms with E-state index in [1.165, 1.54) is 0 Å². The van der Waals surface area contributed by atoms with Crippen LogP contribution in [0.2, 0.25) is 0 Å². The molecule has 0 heterocycles. The van der Waals surface area contributed by atoms with Crippen molar-refractivity contribution >= 4 is 21.9 Å². The lowest BCUT2D eigenvalue weighted by atomic mass is 10.1. The molecule has 0 saturated carbocycles. The van der Waals surface area contributed by atoms with Crippen molar-refractivity contribution in [2.45, 2.75) is 6.92 Å². The molecule has 0 radical (unpaired) electrons. The quantitative estimate of drug-likeness (QED) is 0.601. The van der Waals surface area contributed by atoms with Crippen LogP contribution in [-0.2, 0) is 4.74 Å². The highest BCUT2D eigenvalue weighted by molar-refractivity contribution is 9.10. The zero-order chi connectivity index (χ0) is 13.5. The number of hydrogen-bond acceptors (Lipinski definition) is 2. The first-order valence-corrected chi connectivity index (χ1v) is 6.25. The van der Waals surface area contributed by atoms with Crippen molar-refractivity contribution in [3.8, 4) is 0 Å². The van der Waals surface area contributed by atoms with Gasteiger partial charge in [0.2, 0.25) is 0 Å². The summed E-state index contributed by atoms with van der Waals surface area (Å²) in [4.78, 5) is 11.9. The number of esters is 1. The van der Waals surface area contributed by atoms with Crippen LogP contribution < -0.4 is 0 Å². The number of aryl methyl sites for hydroxylation is 1. The summed E-state index contributed by atoms with van der Waals surface area (Å²) in [6, 6.07) is 5.47. The van der Waals surface area contributed by atoms with Crippen LogP contribution in [0, 0.1) is 6.92 Å². The molecule has 94 valence electrons. The standard InChI is InChI=1S/C15H15BrO2/c1-4-7-12(5-2)10-18-15(17)13-9-6-8-11(3)14(13)16/h4-9H,1-2,10H2,3H3/b12-7+. The van der Waals surface area contributed by atoms with Gasteiger partial charge in [-0.05, 0) is 40.1 Å². The maximum absolute atomic E-state index is 11.9. The summed E-state index contributed by atoms with van der Waals surface area (Å²) in [5.74, 6) is -0.359. The first-order valence-electron chi connectivity index (χ1n) is 5.46. The number of benzene rings is 1. The van der Waals surface area contributed by atoms with Crippen molar-refractivity contribution < 1.29 is 9.53 Å². The van der Waals surface area contributed by atoms with E-state index in [0.717, 1.165) is 15.6 Å². The van der Waals surface area contributed by atoms with Gasteiger partial charge in [0, 0.05) is 4.47 Å². The molecule has 0 unspecified atom stereocenters. The lowest BCUT2D eigenvalue weighted by molar-refractivity contribution is 0.0541. The van der Waals surface area contributed by atoms with Gasteiger partial charge in [-0.1, -0.05) is 43.5 Å². The van der Waals surface area contributed by atoms with Gasteiger partial charge in [-0.2, -0.15) is 0 Å². The Kier molecular flexibility index (Phi) is 5.59. The number of halogens is 1.